The van der Waals surface area contributed by atoms with Gasteiger partial charge in [-0.1, -0.05) is 6.07 Å². The lowest BCUT2D eigenvalue weighted by Gasteiger charge is -2.17. The van der Waals surface area contributed by atoms with E-state index in [0.717, 1.165) is 35.2 Å². The minimum Gasteiger partial charge on any atom is -0.357 e. The number of carbonyl (C=O) groups excluding carboxylic acids is 1. The third-order valence-electron chi connectivity index (χ3n) is 4.05. The fraction of sp³-hybridized carbons (Fsp3) is 0.389. The molecule has 2 heterocycles. The molecule has 0 unspecified atom stereocenters. The van der Waals surface area contributed by atoms with Crippen LogP contribution in [0.4, 0.5) is 16.3 Å². The number of nitrogens with zero attached hydrogens (tertiary/aromatic N) is 3. The second-order valence-corrected chi connectivity index (χ2v) is 6.90. The summed E-state index contributed by atoms with van der Waals surface area (Å²) in [6.07, 6.45) is 4.41. The van der Waals surface area contributed by atoms with E-state index >= 15 is 0 Å². The summed E-state index contributed by atoms with van der Waals surface area (Å²) in [6, 6.07) is 9.49. The summed E-state index contributed by atoms with van der Waals surface area (Å²) in [6.45, 7) is 4.33. The topological polar surface area (TPSA) is 70.2 Å². The lowest BCUT2D eigenvalue weighted by molar-refractivity contribution is 0.251. The number of urea groups is 1. The van der Waals surface area contributed by atoms with Crippen LogP contribution >= 0.6 is 11.8 Å². The van der Waals surface area contributed by atoms with Crippen molar-refractivity contribution in [2.24, 2.45) is 0 Å². The van der Waals surface area contributed by atoms with Gasteiger partial charge in [0, 0.05) is 35.4 Å². The van der Waals surface area contributed by atoms with Gasteiger partial charge >= 0.3 is 6.03 Å². The molecule has 7 heteroatoms. The number of aromatic nitrogens is 2. The van der Waals surface area contributed by atoms with Crippen LogP contribution in [0.25, 0.3) is 0 Å². The third kappa shape index (κ3) is 4.85. The fourth-order valence-electron chi connectivity index (χ4n) is 2.83. The SMILES string of the molecule is CSc1cccc(NC(=O)NCc2nc(C)cc(N3CCCC3)n2)c1. The predicted molar refractivity (Wildman–Crippen MR) is 102 cm³/mol. The summed E-state index contributed by atoms with van der Waals surface area (Å²) in [7, 11) is 0. The van der Waals surface area contributed by atoms with Crippen molar-refractivity contribution in [3.63, 3.8) is 0 Å². The first-order valence-corrected chi connectivity index (χ1v) is 9.65. The van der Waals surface area contributed by atoms with Gasteiger partial charge in [-0.2, -0.15) is 0 Å². The molecule has 3 rings (SSSR count). The molecule has 1 aliphatic heterocycles. The number of nitrogens with one attached hydrogen (secondary N) is 2. The highest BCUT2D eigenvalue weighted by Crippen LogP contribution is 2.19. The summed E-state index contributed by atoms with van der Waals surface area (Å²) < 4.78 is 0. The van der Waals surface area contributed by atoms with Crippen molar-refractivity contribution < 1.29 is 4.79 Å². The number of amides is 2. The molecule has 1 aromatic heterocycles. The van der Waals surface area contributed by atoms with Crippen LogP contribution in [0.15, 0.2) is 35.2 Å². The van der Waals surface area contributed by atoms with E-state index in [1.807, 2.05) is 43.5 Å². The van der Waals surface area contributed by atoms with Crippen LogP contribution in [0.1, 0.15) is 24.4 Å². The van der Waals surface area contributed by atoms with Crippen LogP contribution in [0.3, 0.4) is 0 Å². The summed E-state index contributed by atoms with van der Waals surface area (Å²) in [5.41, 5.74) is 1.69. The van der Waals surface area contributed by atoms with E-state index in [0.29, 0.717) is 12.4 Å². The average Bonchev–Trinajstić information content (AvgIpc) is 3.14. The van der Waals surface area contributed by atoms with Crippen LogP contribution in [-0.2, 0) is 6.54 Å². The Morgan fingerprint density at radius 1 is 1.24 bits per heavy atom. The molecule has 0 atom stereocenters. The van der Waals surface area contributed by atoms with Crippen LogP contribution in [0.2, 0.25) is 0 Å². The Balaban J connectivity index is 1.59. The summed E-state index contributed by atoms with van der Waals surface area (Å²) in [5.74, 6) is 1.59. The molecule has 0 spiro atoms. The van der Waals surface area contributed by atoms with Gasteiger partial charge in [0.05, 0.1) is 6.54 Å². The minimum atomic E-state index is -0.258. The van der Waals surface area contributed by atoms with E-state index in [-0.39, 0.29) is 6.03 Å². The van der Waals surface area contributed by atoms with Crippen molar-refractivity contribution in [2.45, 2.75) is 31.2 Å². The largest absolute Gasteiger partial charge is 0.357 e. The second kappa shape index (κ2) is 8.20. The molecule has 0 radical (unpaired) electrons. The molecule has 1 aromatic carbocycles. The van der Waals surface area contributed by atoms with Gasteiger partial charge in [0.1, 0.15) is 11.6 Å². The zero-order chi connectivity index (χ0) is 17.6. The molecule has 2 aromatic rings. The van der Waals surface area contributed by atoms with Gasteiger partial charge < -0.3 is 15.5 Å². The molecule has 1 fully saturated rings. The first-order chi connectivity index (χ1) is 12.1. The number of thioether (sulfide) groups is 1. The molecule has 2 N–H and O–H groups in total. The monoisotopic (exact) mass is 357 g/mol. The normalized spacial score (nSPS) is 13.8. The quantitative estimate of drug-likeness (QED) is 0.802. The molecule has 2 amide bonds. The Labute approximate surface area is 152 Å². The Bertz CT molecular complexity index is 746. The van der Waals surface area contributed by atoms with Crippen molar-refractivity contribution in [1.82, 2.24) is 15.3 Å². The van der Waals surface area contributed by atoms with Gasteiger partial charge in [-0.25, -0.2) is 14.8 Å². The molecule has 0 aliphatic carbocycles. The van der Waals surface area contributed by atoms with Crippen LogP contribution in [0, 0.1) is 6.92 Å². The number of aryl methyl sites for hydroxylation is 1. The molecule has 1 saturated heterocycles. The van der Waals surface area contributed by atoms with Gasteiger partial charge in [0.25, 0.3) is 0 Å². The third-order valence-corrected chi connectivity index (χ3v) is 4.78. The van der Waals surface area contributed by atoms with Crippen molar-refractivity contribution in [2.75, 3.05) is 29.6 Å². The van der Waals surface area contributed by atoms with E-state index in [1.165, 1.54) is 12.8 Å². The summed E-state index contributed by atoms with van der Waals surface area (Å²) in [5, 5.41) is 5.67. The smallest absolute Gasteiger partial charge is 0.319 e. The number of benzene rings is 1. The molecule has 0 bridgehead atoms. The Morgan fingerprint density at radius 2 is 2.04 bits per heavy atom. The molecule has 0 saturated carbocycles. The van der Waals surface area contributed by atoms with Gasteiger partial charge in [-0.3, -0.25) is 0 Å². The lowest BCUT2D eigenvalue weighted by atomic mass is 10.3. The highest BCUT2D eigenvalue weighted by atomic mass is 32.2. The number of rotatable bonds is 5. The lowest BCUT2D eigenvalue weighted by Crippen LogP contribution is -2.29. The first kappa shape index (κ1) is 17.5. The number of hydrogen-bond donors (Lipinski definition) is 2. The molecule has 6 nitrogen and oxygen atoms in total. The van der Waals surface area contributed by atoms with E-state index < -0.39 is 0 Å². The summed E-state index contributed by atoms with van der Waals surface area (Å²) in [4.78, 5) is 24.5. The highest BCUT2D eigenvalue weighted by molar-refractivity contribution is 7.98. The molecular formula is C18H23N5OS. The maximum atomic E-state index is 12.1. The standard InChI is InChI=1S/C18H23N5OS/c1-13-10-17(23-8-3-4-9-23)22-16(20-13)12-19-18(24)21-14-6-5-7-15(11-14)25-2/h5-7,10-11H,3-4,8-9,12H2,1-2H3,(H2,19,21,24). The van der Waals surface area contributed by atoms with E-state index in [2.05, 4.69) is 25.5 Å². The van der Waals surface area contributed by atoms with E-state index in [1.54, 1.807) is 11.8 Å². The minimum absolute atomic E-state index is 0.258. The van der Waals surface area contributed by atoms with Crippen LogP contribution in [0.5, 0.6) is 0 Å². The summed E-state index contributed by atoms with van der Waals surface area (Å²) >= 11 is 1.64. The molecule has 1 aliphatic rings. The first-order valence-electron chi connectivity index (χ1n) is 8.42. The zero-order valence-corrected chi connectivity index (χ0v) is 15.4. The Kier molecular flexibility index (Phi) is 5.75. The van der Waals surface area contributed by atoms with Gasteiger partial charge in [0.2, 0.25) is 0 Å². The van der Waals surface area contributed by atoms with Crippen molar-refractivity contribution in [3.8, 4) is 0 Å². The zero-order valence-electron chi connectivity index (χ0n) is 14.6. The molecular weight excluding hydrogens is 334 g/mol. The number of hydrogen-bond acceptors (Lipinski definition) is 5. The van der Waals surface area contributed by atoms with Crippen LogP contribution in [-0.4, -0.2) is 35.3 Å². The van der Waals surface area contributed by atoms with Crippen molar-refractivity contribution >= 4 is 29.3 Å². The van der Waals surface area contributed by atoms with E-state index in [4.69, 9.17) is 0 Å². The average molecular weight is 357 g/mol. The number of anilines is 2. The Morgan fingerprint density at radius 3 is 2.80 bits per heavy atom. The second-order valence-electron chi connectivity index (χ2n) is 6.02. The fourth-order valence-corrected chi connectivity index (χ4v) is 3.29. The van der Waals surface area contributed by atoms with Crippen molar-refractivity contribution in [1.29, 1.82) is 0 Å². The maximum absolute atomic E-state index is 12.1. The van der Waals surface area contributed by atoms with E-state index in [9.17, 15) is 4.79 Å². The van der Waals surface area contributed by atoms with Gasteiger partial charge in [0.15, 0.2) is 0 Å². The molecule has 25 heavy (non-hydrogen) atoms. The van der Waals surface area contributed by atoms with Gasteiger partial charge in [-0.05, 0) is 44.2 Å². The highest BCUT2D eigenvalue weighted by Gasteiger charge is 2.15. The maximum Gasteiger partial charge on any atom is 0.319 e. The predicted octanol–water partition coefficient (Wildman–Crippen LogP) is 3.43. The molecule has 132 valence electrons. The van der Waals surface area contributed by atoms with Crippen molar-refractivity contribution in [3.05, 3.63) is 41.9 Å². The number of carbonyl (C=O) groups is 1. The Hall–Kier alpha value is -2.28. The van der Waals surface area contributed by atoms with Gasteiger partial charge in [-0.15, -0.1) is 11.8 Å². The van der Waals surface area contributed by atoms with Crippen LogP contribution < -0.4 is 15.5 Å².